The summed E-state index contributed by atoms with van der Waals surface area (Å²) in [5.41, 5.74) is -2.34. The number of fused-ring (bicyclic) bond motifs is 2. The van der Waals surface area contributed by atoms with Gasteiger partial charge < -0.3 is 4.90 Å². The third-order valence-electron chi connectivity index (χ3n) is 6.44. The Bertz CT molecular complexity index is 1380. The van der Waals surface area contributed by atoms with Crippen molar-refractivity contribution in [3.63, 3.8) is 0 Å². The van der Waals surface area contributed by atoms with E-state index in [0.717, 1.165) is 17.4 Å². The van der Waals surface area contributed by atoms with Gasteiger partial charge in [0, 0.05) is 38.8 Å². The second-order valence-electron chi connectivity index (χ2n) is 8.80. The Kier molecular flexibility index (Phi) is 5.71. The summed E-state index contributed by atoms with van der Waals surface area (Å²) < 4.78 is 66.0. The molecule has 2 aliphatic rings. The van der Waals surface area contributed by atoms with Crippen LogP contribution in [0.15, 0.2) is 35.1 Å². The van der Waals surface area contributed by atoms with E-state index in [0.29, 0.717) is 50.4 Å². The number of alkyl halides is 3. The van der Waals surface area contributed by atoms with E-state index in [1.165, 1.54) is 12.1 Å². The fourth-order valence-electron chi connectivity index (χ4n) is 4.85. The molecule has 2 unspecified atom stereocenters. The molecular formula is C22H17F5N4O3S. The molecule has 0 N–H and O–H groups in total. The van der Waals surface area contributed by atoms with E-state index in [1.807, 2.05) is 4.90 Å². The molecular weight excluding hydrogens is 495 g/mol. The van der Waals surface area contributed by atoms with E-state index in [4.69, 9.17) is 0 Å². The zero-order valence-electron chi connectivity index (χ0n) is 17.9. The van der Waals surface area contributed by atoms with Gasteiger partial charge in [-0.05, 0) is 35.6 Å². The van der Waals surface area contributed by atoms with Crippen molar-refractivity contribution in [2.24, 2.45) is 11.8 Å². The number of hydrogen-bond donors (Lipinski definition) is 0. The fraction of sp³-hybridized carbons (Fsp3) is 0.364. The van der Waals surface area contributed by atoms with E-state index in [1.54, 1.807) is 0 Å². The van der Waals surface area contributed by atoms with Crippen LogP contribution in [0.1, 0.15) is 11.1 Å². The number of nitrogens with zero attached hydrogens (tertiary/aromatic N) is 4. The Morgan fingerprint density at radius 1 is 1.06 bits per heavy atom. The van der Waals surface area contributed by atoms with Crippen LogP contribution in [0.5, 0.6) is 0 Å². The average Bonchev–Trinajstić information content (AvgIpc) is 3.33. The lowest BCUT2D eigenvalue weighted by Gasteiger charge is -2.22. The Hall–Kier alpha value is -3.19. The molecule has 2 aliphatic heterocycles. The average molecular weight is 512 g/mol. The summed E-state index contributed by atoms with van der Waals surface area (Å²) in [7, 11) is 0. The standard InChI is InChI=1S/C22H17F5N4O3S/c23-16-2-1-11(3-17(16)24)6-29-7-12-9-30(10-13(12)8-29)21-28-20(32)15-4-14(22(25,26)27)5-18(31(33)34)19(15)35-21/h1-5,12-13H,6-10H2. The van der Waals surface area contributed by atoms with Crippen LogP contribution in [-0.4, -0.2) is 41.0 Å². The van der Waals surface area contributed by atoms with Gasteiger partial charge in [-0.25, -0.2) is 8.78 Å². The topological polar surface area (TPSA) is 79.6 Å². The highest BCUT2D eigenvalue weighted by molar-refractivity contribution is 7.22. The highest BCUT2D eigenvalue weighted by atomic mass is 32.1. The van der Waals surface area contributed by atoms with E-state index < -0.39 is 44.9 Å². The Labute approximate surface area is 198 Å². The lowest BCUT2D eigenvalue weighted by molar-refractivity contribution is -0.383. The molecule has 0 radical (unpaired) electrons. The predicted octanol–water partition coefficient (Wildman–Crippen LogP) is 4.43. The first-order chi connectivity index (χ1) is 16.5. The van der Waals surface area contributed by atoms with E-state index >= 15 is 0 Å². The molecule has 2 aromatic carbocycles. The molecule has 0 spiro atoms. The maximum absolute atomic E-state index is 13.5. The molecule has 35 heavy (non-hydrogen) atoms. The van der Waals surface area contributed by atoms with Crippen molar-refractivity contribution in [2.45, 2.75) is 12.7 Å². The van der Waals surface area contributed by atoms with Crippen molar-refractivity contribution in [3.8, 4) is 0 Å². The molecule has 0 amide bonds. The maximum Gasteiger partial charge on any atom is 0.416 e. The molecule has 2 fully saturated rings. The van der Waals surface area contributed by atoms with Crippen molar-refractivity contribution >= 4 is 32.2 Å². The first-order valence-electron chi connectivity index (χ1n) is 10.6. The predicted molar refractivity (Wildman–Crippen MR) is 118 cm³/mol. The highest BCUT2D eigenvalue weighted by Crippen LogP contribution is 2.40. The first kappa shape index (κ1) is 23.5. The largest absolute Gasteiger partial charge is 0.416 e. The van der Waals surface area contributed by atoms with Crippen LogP contribution >= 0.6 is 11.3 Å². The van der Waals surface area contributed by atoms with Gasteiger partial charge >= 0.3 is 6.18 Å². The van der Waals surface area contributed by atoms with Crippen LogP contribution in [0.2, 0.25) is 0 Å². The van der Waals surface area contributed by atoms with Crippen LogP contribution in [0.3, 0.4) is 0 Å². The minimum Gasteiger partial charge on any atom is -0.347 e. The molecule has 5 rings (SSSR count). The Morgan fingerprint density at radius 2 is 1.74 bits per heavy atom. The van der Waals surface area contributed by atoms with Crippen LogP contribution in [0.25, 0.3) is 10.1 Å². The van der Waals surface area contributed by atoms with E-state index in [-0.39, 0.29) is 21.7 Å². The number of benzene rings is 2. The number of halogens is 5. The monoisotopic (exact) mass is 512 g/mol. The lowest BCUT2D eigenvalue weighted by Crippen LogP contribution is -2.29. The molecule has 0 aliphatic carbocycles. The summed E-state index contributed by atoms with van der Waals surface area (Å²) in [5, 5.41) is 11.3. The summed E-state index contributed by atoms with van der Waals surface area (Å²) in [6, 6.07) is 4.84. The second kappa shape index (κ2) is 8.48. The van der Waals surface area contributed by atoms with Crippen LogP contribution in [0, 0.1) is 33.6 Å². The third kappa shape index (κ3) is 4.45. The zero-order valence-corrected chi connectivity index (χ0v) is 18.7. The summed E-state index contributed by atoms with van der Waals surface area (Å²) in [6.07, 6.45) is -4.84. The number of nitro benzene ring substituents is 1. The molecule has 7 nitrogen and oxygen atoms in total. The number of anilines is 1. The van der Waals surface area contributed by atoms with Gasteiger partial charge in [0.25, 0.3) is 11.2 Å². The molecule has 0 saturated carbocycles. The van der Waals surface area contributed by atoms with Gasteiger partial charge in [0.1, 0.15) is 4.70 Å². The van der Waals surface area contributed by atoms with Gasteiger partial charge in [-0.15, -0.1) is 0 Å². The number of nitro groups is 1. The normalized spacial score (nSPS) is 20.5. The molecule has 2 saturated heterocycles. The molecule has 2 atom stereocenters. The molecule has 184 valence electrons. The minimum atomic E-state index is -4.84. The number of rotatable bonds is 4. The van der Waals surface area contributed by atoms with Crippen molar-refractivity contribution in [2.75, 3.05) is 31.1 Å². The van der Waals surface area contributed by atoms with E-state index in [2.05, 4.69) is 9.88 Å². The van der Waals surface area contributed by atoms with Gasteiger partial charge in [-0.2, -0.15) is 18.2 Å². The summed E-state index contributed by atoms with van der Waals surface area (Å²) in [5.74, 6) is -1.41. The SMILES string of the molecule is O=c1nc(N2CC3CN(Cc4ccc(F)c(F)c4)CC3C2)sc2c([N+](=O)[O-])cc(C(F)(F)F)cc12. The smallest absolute Gasteiger partial charge is 0.347 e. The van der Waals surface area contributed by atoms with Gasteiger partial charge in [0.05, 0.1) is 15.9 Å². The number of likely N-dealkylation sites (tertiary alicyclic amines) is 1. The van der Waals surface area contributed by atoms with Gasteiger partial charge in [-0.1, -0.05) is 17.4 Å². The molecule has 13 heteroatoms. The summed E-state index contributed by atoms with van der Waals surface area (Å²) >= 11 is 0.833. The highest BCUT2D eigenvalue weighted by Gasteiger charge is 2.41. The van der Waals surface area contributed by atoms with Crippen molar-refractivity contribution in [1.29, 1.82) is 0 Å². The van der Waals surface area contributed by atoms with Crippen LogP contribution in [-0.2, 0) is 12.7 Å². The number of hydrogen-bond acceptors (Lipinski definition) is 7. The van der Waals surface area contributed by atoms with Crippen molar-refractivity contribution in [1.82, 2.24) is 9.88 Å². The van der Waals surface area contributed by atoms with Crippen molar-refractivity contribution in [3.05, 3.63) is 73.6 Å². The number of aromatic nitrogens is 1. The molecule has 3 aromatic rings. The van der Waals surface area contributed by atoms with Crippen LogP contribution in [0.4, 0.5) is 32.8 Å². The molecule has 0 bridgehead atoms. The molecule has 3 heterocycles. The third-order valence-corrected chi connectivity index (χ3v) is 7.60. The second-order valence-corrected chi connectivity index (χ2v) is 9.77. The lowest BCUT2D eigenvalue weighted by atomic mass is 10.0. The van der Waals surface area contributed by atoms with Gasteiger partial charge in [0.15, 0.2) is 16.8 Å². The quantitative estimate of drug-likeness (QED) is 0.292. The zero-order chi connectivity index (χ0) is 25.1. The number of non-ortho nitro benzene ring substituents is 1. The van der Waals surface area contributed by atoms with E-state index in [9.17, 15) is 36.9 Å². The maximum atomic E-state index is 13.5. The van der Waals surface area contributed by atoms with Crippen LogP contribution < -0.4 is 10.5 Å². The Morgan fingerprint density at radius 3 is 2.34 bits per heavy atom. The molecule has 1 aromatic heterocycles. The van der Waals surface area contributed by atoms with Gasteiger partial charge in [-0.3, -0.25) is 19.8 Å². The summed E-state index contributed by atoms with van der Waals surface area (Å²) in [6.45, 7) is 2.85. The van der Waals surface area contributed by atoms with Crippen molar-refractivity contribution < 1.29 is 26.9 Å². The fourth-order valence-corrected chi connectivity index (χ4v) is 5.93. The Balaban J connectivity index is 1.37. The first-order valence-corrected chi connectivity index (χ1v) is 11.4. The minimum absolute atomic E-state index is 0.143. The summed E-state index contributed by atoms with van der Waals surface area (Å²) in [4.78, 5) is 31.0. The van der Waals surface area contributed by atoms with Gasteiger partial charge in [0.2, 0.25) is 0 Å².